The molecule has 1 aromatic rings. The molecule has 28 heavy (non-hydrogen) atoms. The second-order valence-corrected chi connectivity index (χ2v) is 6.59. The van der Waals surface area contributed by atoms with Crippen LogP contribution in [0, 0.1) is 10.1 Å². The van der Waals surface area contributed by atoms with Crippen molar-refractivity contribution in [2.75, 3.05) is 6.61 Å². The molecule has 0 spiro atoms. The number of thioether (sulfide) groups is 1. The van der Waals surface area contributed by atoms with Crippen molar-refractivity contribution < 1.29 is 49.9 Å². The Bertz CT molecular complexity index is 739. The Kier molecular flexibility index (Phi) is 7.14. The van der Waals surface area contributed by atoms with Gasteiger partial charge in [0.25, 0.3) is 0 Å². The molecule has 0 amide bonds. The van der Waals surface area contributed by atoms with E-state index in [-0.39, 0.29) is 0 Å². The first-order valence-corrected chi connectivity index (χ1v) is 8.02. The number of hydrogen-bond acceptors (Lipinski definition) is 6. The topological polar surface area (TPSA) is 78.7 Å². The van der Waals surface area contributed by atoms with Crippen LogP contribution in [0.5, 0.6) is 5.75 Å². The lowest BCUT2D eigenvalue weighted by atomic mass is 10.3. The standard InChI is InChI=1S/C14H12F7NO5S/c1-7(2)27-11(23)6-26-10-4-3-8(5-9(10)22(24)25)28-14(20,21)12(15,16)13(17,18)19/h3-5,7H,6H2,1-2H3. The molecule has 0 bridgehead atoms. The fourth-order valence-corrected chi connectivity index (χ4v) is 2.48. The van der Waals surface area contributed by atoms with Gasteiger partial charge in [0.15, 0.2) is 12.4 Å². The van der Waals surface area contributed by atoms with E-state index in [2.05, 4.69) is 0 Å². The molecule has 1 rings (SSSR count). The maximum absolute atomic E-state index is 13.4. The number of hydrogen-bond donors (Lipinski definition) is 0. The number of ether oxygens (including phenoxy) is 2. The summed E-state index contributed by atoms with van der Waals surface area (Å²) < 4.78 is 98.7. The number of alkyl halides is 7. The van der Waals surface area contributed by atoms with Crippen LogP contribution in [-0.2, 0) is 9.53 Å². The number of nitrogens with zero attached hydrogens (tertiary/aromatic N) is 1. The van der Waals surface area contributed by atoms with Gasteiger partial charge in [-0.2, -0.15) is 30.7 Å². The van der Waals surface area contributed by atoms with E-state index in [0.717, 1.165) is 0 Å². The smallest absolute Gasteiger partial charge is 0.460 e. The third-order valence-electron chi connectivity index (χ3n) is 2.81. The summed E-state index contributed by atoms with van der Waals surface area (Å²) in [5.41, 5.74) is -1.02. The zero-order valence-corrected chi connectivity index (χ0v) is 14.9. The molecule has 0 aliphatic heterocycles. The third kappa shape index (κ3) is 5.62. The molecule has 0 aliphatic carbocycles. The van der Waals surface area contributed by atoms with E-state index in [1.807, 2.05) is 0 Å². The molecular weight excluding hydrogens is 427 g/mol. The van der Waals surface area contributed by atoms with Crippen LogP contribution in [0.4, 0.5) is 36.4 Å². The summed E-state index contributed by atoms with van der Waals surface area (Å²) in [6, 6.07) is 1.63. The molecule has 0 atom stereocenters. The average Bonchev–Trinajstić information content (AvgIpc) is 2.51. The maximum atomic E-state index is 13.4. The highest BCUT2D eigenvalue weighted by atomic mass is 32.2. The van der Waals surface area contributed by atoms with Crippen LogP contribution < -0.4 is 4.74 Å². The lowest BCUT2D eigenvalue weighted by Gasteiger charge is -2.27. The minimum Gasteiger partial charge on any atom is -0.475 e. The maximum Gasteiger partial charge on any atom is 0.460 e. The van der Waals surface area contributed by atoms with Crippen LogP contribution in [0.25, 0.3) is 0 Å². The Balaban J connectivity index is 3.07. The fourth-order valence-electron chi connectivity index (χ4n) is 1.64. The molecule has 0 fully saturated rings. The van der Waals surface area contributed by atoms with Crippen molar-refractivity contribution in [1.29, 1.82) is 0 Å². The molecule has 0 N–H and O–H groups in total. The van der Waals surface area contributed by atoms with Crippen LogP contribution in [0.1, 0.15) is 13.8 Å². The van der Waals surface area contributed by atoms with E-state index in [9.17, 15) is 45.6 Å². The number of nitro groups is 1. The highest BCUT2D eigenvalue weighted by Crippen LogP contribution is 2.54. The molecule has 0 saturated carbocycles. The van der Waals surface area contributed by atoms with Crippen molar-refractivity contribution in [3.8, 4) is 5.75 Å². The number of nitro benzene ring substituents is 1. The fraction of sp³-hybridized carbons (Fsp3) is 0.500. The van der Waals surface area contributed by atoms with E-state index >= 15 is 0 Å². The van der Waals surface area contributed by atoms with Gasteiger partial charge in [0, 0.05) is 11.0 Å². The number of halogens is 7. The van der Waals surface area contributed by atoms with Crippen molar-refractivity contribution >= 4 is 23.4 Å². The molecule has 0 unspecified atom stereocenters. The van der Waals surface area contributed by atoms with Gasteiger partial charge in [-0.05, 0) is 37.7 Å². The second-order valence-electron chi connectivity index (χ2n) is 5.40. The predicted octanol–water partition coefficient (Wildman–Crippen LogP) is 4.81. The second kappa shape index (κ2) is 8.41. The SMILES string of the molecule is CC(C)OC(=O)COc1ccc(SC(F)(F)C(F)(F)C(F)(F)F)cc1[N+](=O)[O-]. The van der Waals surface area contributed by atoms with Gasteiger partial charge < -0.3 is 9.47 Å². The lowest BCUT2D eigenvalue weighted by Crippen LogP contribution is -2.49. The summed E-state index contributed by atoms with van der Waals surface area (Å²) in [5.74, 6) is -7.88. The van der Waals surface area contributed by atoms with Crippen molar-refractivity contribution in [1.82, 2.24) is 0 Å². The van der Waals surface area contributed by atoms with Gasteiger partial charge in [0.1, 0.15) is 0 Å². The molecular formula is C14H12F7NO5S. The van der Waals surface area contributed by atoms with Crippen molar-refractivity contribution in [2.45, 2.75) is 42.2 Å². The van der Waals surface area contributed by atoms with E-state index in [0.29, 0.717) is 18.2 Å². The Hall–Kier alpha value is -2.25. The highest BCUT2D eigenvalue weighted by molar-refractivity contribution is 8.00. The highest BCUT2D eigenvalue weighted by Gasteiger charge is 2.73. The number of carbonyl (C=O) groups excluding carboxylic acids is 1. The van der Waals surface area contributed by atoms with E-state index in [1.54, 1.807) is 0 Å². The van der Waals surface area contributed by atoms with Gasteiger partial charge in [0.05, 0.1) is 11.0 Å². The summed E-state index contributed by atoms with van der Waals surface area (Å²) >= 11 is -1.20. The average molecular weight is 439 g/mol. The van der Waals surface area contributed by atoms with Crippen LogP contribution in [0.15, 0.2) is 23.1 Å². The minimum atomic E-state index is -6.53. The zero-order valence-electron chi connectivity index (χ0n) is 14.1. The molecule has 0 aromatic heterocycles. The monoisotopic (exact) mass is 439 g/mol. The molecule has 0 saturated heterocycles. The summed E-state index contributed by atoms with van der Waals surface area (Å²) in [6.45, 7) is 2.25. The quantitative estimate of drug-likeness (QED) is 0.190. The van der Waals surface area contributed by atoms with Crippen LogP contribution in [0.2, 0.25) is 0 Å². The first kappa shape index (κ1) is 23.8. The van der Waals surface area contributed by atoms with Gasteiger partial charge >= 0.3 is 29.0 Å². The molecule has 158 valence electrons. The summed E-state index contributed by atoms with van der Waals surface area (Å²) in [6.07, 6.45) is -7.04. The summed E-state index contributed by atoms with van der Waals surface area (Å²) in [5, 5.41) is 5.37. The molecule has 0 radical (unpaired) electrons. The third-order valence-corrected chi connectivity index (χ3v) is 3.81. The zero-order chi connectivity index (χ0) is 21.9. The van der Waals surface area contributed by atoms with Crippen LogP contribution in [-0.4, -0.2) is 41.0 Å². The predicted molar refractivity (Wildman–Crippen MR) is 81.6 cm³/mol. The van der Waals surface area contributed by atoms with Gasteiger partial charge in [0.2, 0.25) is 0 Å². The van der Waals surface area contributed by atoms with Crippen molar-refractivity contribution in [3.05, 3.63) is 28.3 Å². The van der Waals surface area contributed by atoms with Crippen LogP contribution in [0.3, 0.4) is 0 Å². The van der Waals surface area contributed by atoms with Crippen molar-refractivity contribution in [2.24, 2.45) is 0 Å². The van der Waals surface area contributed by atoms with Gasteiger partial charge in [-0.15, -0.1) is 0 Å². The number of esters is 1. The first-order valence-electron chi connectivity index (χ1n) is 7.20. The number of rotatable bonds is 8. The molecule has 1 aromatic carbocycles. The van der Waals surface area contributed by atoms with Gasteiger partial charge in [-0.3, -0.25) is 10.1 Å². The van der Waals surface area contributed by atoms with Gasteiger partial charge in [-0.1, -0.05) is 0 Å². The van der Waals surface area contributed by atoms with E-state index in [4.69, 9.17) is 9.47 Å². The summed E-state index contributed by atoms with van der Waals surface area (Å²) in [4.78, 5) is 20.3. The largest absolute Gasteiger partial charge is 0.475 e. The molecule has 0 heterocycles. The molecule has 0 aliphatic rings. The molecule has 14 heteroatoms. The number of carbonyl (C=O) groups is 1. The van der Waals surface area contributed by atoms with E-state index < -0.39 is 69.1 Å². The first-order chi connectivity index (χ1) is 12.6. The Morgan fingerprint density at radius 1 is 1.18 bits per heavy atom. The number of benzene rings is 1. The Morgan fingerprint density at radius 2 is 1.75 bits per heavy atom. The van der Waals surface area contributed by atoms with E-state index in [1.165, 1.54) is 13.8 Å². The summed E-state index contributed by atoms with van der Waals surface area (Å²) in [7, 11) is 0. The molecule has 6 nitrogen and oxygen atoms in total. The van der Waals surface area contributed by atoms with Crippen molar-refractivity contribution in [3.63, 3.8) is 0 Å². The lowest BCUT2D eigenvalue weighted by molar-refractivity contribution is -0.386. The Labute approximate surface area is 157 Å². The normalized spacial score (nSPS) is 12.8. The van der Waals surface area contributed by atoms with Gasteiger partial charge in [-0.25, -0.2) is 4.79 Å². The van der Waals surface area contributed by atoms with Crippen LogP contribution >= 0.6 is 11.8 Å². The Morgan fingerprint density at radius 3 is 2.21 bits per heavy atom. The minimum absolute atomic E-state index is 0.328.